The van der Waals surface area contributed by atoms with Crippen molar-refractivity contribution < 1.29 is 19.4 Å². The van der Waals surface area contributed by atoms with E-state index in [4.69, 9.17) is 9.72 Å². The van der Waals surface area contributed by atoms with Gasteiger partial charge in [-0.2, -0.15) is 0 Å². The standard InChI is InChI=1S/C22H33N3O4/c1-2-4-20(26)25-19(22(27)28)10-12-29-18-13-15(14-18)6-8-17-9-7-16-5-3-11-23-21(16)24-17/h7,9,15,18-19H,2-6,8,10-14H2,1H3,(H,23,24)(H,25,26)(H,27,28). The average Bonchev–Trinajstić information content (AvgIpc) is 2.68. The Morgan fingerprint density at radius 3 is 2.97 bits per heavy atom. The zero-order valence-electron chi connectivity index (χ0n) is 17.3. The molecule has 3 N–H and O–H groups in total. The maximum Gasteiger partial charge on any atom is 0.326 e. The summed E-state index contributed by atoms with van der Waals surface area (Å²) < 4.78 is 5.82. The SMILES string of the molecule is CCCC(=O)NC(CCOC1CC(CCc2ccc3c(n2)NCCC3)C1)C(=O)O. The molecule has 1 fully saturated rings. The van der Waals surface area contributed by atoms with Crippen LogP contribution in [0.1, 0.15) is 63.1 Å². The highest BCUT2D eigenvalue weighted by molar-refractivity contribution is 5.83. The molecule has 1 aromatic heterocycles. The van der Waals surface area contributed by atoms with Crippen LogP contribution in [0.5, 0.6) is 0 Å². The van der Waals surface area contributed by atoms with E-state index < -0.39 is 12.0 Å². The van der Waals surface area contributed by atoms with Gasteiger partial charge >= 0.3 is 5.97 Å². The number of carboxylic acids is 1. The number of rotatable bonds is 11. The van der Waals surface area contributed by atoms with Crippen molar-refractivity contribution in [2.75, 3.05) is 18.5 Å². The van der Waals surface area contributed by atoms with Crippen LogP contribution in [0.3, 0.4) is 0 Å². The lowest BCUT2D eigenvalue weighted by Gasteiger charge is -2.35. The number of fused-ring (bicyclic) bond motifs is 1. The molecule has 1 aliphatic heterocycles. The van der Waals surface area contributed by atoms with Crippen LogP contribution in [0.4, 0.5) is 5.82 Å². The van der Waals surface area contributed by atoms with Crippen molar-refractivity contribution in [3.63, 3.8) is 0 Å². The predicted molar refractivity (Wildman–Crippen MR) is 111 cm³/mol. The fourth-order valence-electron chi connectivity index (χ4n) is 4.01. The third-order valence-electron chi connectivity index (χ3n) is 5.82. The summed E-state index contributed by atoms with van der Waals surface area (Å²) in [4.78, 5) is 27.6. The third kappa shape index (κ3) is 6.42. The fourth-order valence-corrected chi connectivity index (χ4v) is 4.01. The fraction of sp³-hybridized carbons (Fsp3) is 0.682. The number of aryl methyl sites for hydroxylation is 2. The number of carbonyl (C=O) groups is 2. The largest absolute Gasteiger partial charge is 0.480 e. The van der Waals surface area contributed by atoms with Crippen molar-refractivity contribution in [2.45, 2.75) is 76.9 Å². The van der Waals surface area contributed by atoms with E-state index in [1.165, 1.54) is 12.0 Å². The second-order valence-electron chi connectivity index (χ2n) is 8.21. The predicted octanol–water partition coefficient (Wildman–Crippen LogP) is 2.93. The number of hydrogen-bond acceptors (Lipinski definition) is 5. The molecule has 1 amide bonds. The zero-order valence-corrected chi connectivity index (χ0v) is 17.3. The van der Waals surface area contributed by atoms with Gasteiger partial charge in [0.05, 0.1) is 6.10 Å². The van der Waals surface area contributed by atoms with Gasteiger partial charge in [0.25, 0.3) is 0 Å². The second-order valence-corrected chi connectivity index (χ2v) is 8.21. The van der Waals surface area contributed by atoms with Gasteiger partial charge in [-0.05, 0) is 62.5 Å². The van der Waals surface area contributed by atoms with Crippen LogP contribution >= 0.6 is 0 Å². The molecule has 7 heteroatoms. The zero-order chi connectivity index (χ0) is 20.6. The number of anilines is 1. The van der Waals surface area contributed by atoms with E-state index in [0.717, 1.165) is 50.2 Å². The van der Waals surface area contributed by atoms with Gasteiger partial charge in [0.1, 0.15) is 11.9 Å². The van der Waals surface area contributed by atoms with Crippen molar-refractivity contribution in [1.82, 2.24) is 10.3 Å². The summed E-state index contributed by atoms with van der Waals surface area (Å²) in [5.41, 5.74) is 2.47. The van der Waals surface area contributed by atoms with Crippen LogP contribution in [0, 0.1) is 5.92 Å². The topological polar surface area (TPSA) is 101 Å². The maximum absolute atomic E-state index is 11.6. The minimum Gasteiger partial charge on any atom is -0.480 e. The Labute approximate surface area is 172 Å². The maximum atomic E-state index is 11.6. The Hall–Kier alpha value is -2.15. The molecule has 0 radical (unpaired) electrons. The molecule has 1 atom stereocenters. The summed E-state index contributed by atoms with van der Waals surface area (Å²) in [6.07, 6.45) is 7.98. The molecule has 3 rings (SSSR count). The molecule has 2 aliphatic rings. The smallest absolute Gasteiger partial charge is 0.326 e. The monoisotopic (exact) mass is 403 g/mol. The summed E-state index contributed by atoms with van der Waals surface area (Å²) in [6.45, 7) is 3.26. The van der Waals surface area contributed by atoms with Crippen LogP contribution in [0.2, 0.25) is 0 Å². The number of hydrogen-bond donors (Lipinski definition) is 3. The van der Waals surface area contributed by atoms with Gasteiger partial charge in [0.2, 0.25) is 5.91 Å². The van der Waals surface area contributed by atoms with E-state index in [1.54, 1.807) is 0 Å². The molecule has 160 valence electrons. The average molecular weight is 404 g/mol. The molecular weight excluding hydrogens is 370 g/mol. The van der Waals surface area contributed by atoms with Gasteiger partial charge in [-0.15, -0.1) is 0 Å². The summed E-state index contributed by atoms with van der Waals surface area (Å²) >= 11 is 0. The second kappa shape index (κ2) is 10.6. The number of ether oxygens (including phenoxy) is 1. The van der Waals surface area contributed by atoms with Gasteiger partial charge < -0.3 is 20.5 Å². The highest BCUT2D eigenvalue weighted by Gasteiger charge is 2.30. The molecule has 0 aromatic carbocycles. The minimum absolute atomic E-state index is 0.207. The molecule has 7 nitrogen and oxygen atoms in total. The van der Waals surface area contributed by atoms with E-state index in [2.05, 4.69) is 22.8 Å². The number of nitrogens with one attached hydrogen (secondary N) is 2. The van der Waals surface area contributed by atoms with Gasteiger partial charge in [0.15, 0.2) is 0 Å². The van der Waals surface area contributed by atoms with Crippen molar-refractivity contribution in [2.24, 2.45) is 5.92 Å². The van der Waals surface area contributed by atoms with E-state index in [1.807, 2.05) is 6.92 Å². The first-order chi connectivity index (χ1) is 14.0. The van der Waals surface area contributed by atoms with Gasteiger partial charge in [0, 0.05) is 31.7 Å². The molecule has 2 heterocycles. The first kappa shape index (κ1) is 21.6. The molecule has 0 spiro atoms. The summed E-state index contributed by atoms with van der Waals surface area (Å²) in [6, 6.07) is 3.49. The molecule has 0 bridgehead atoms. The molecule has 1 aliphatic carbocycles. The summed E-state index contributed by atoms with van der Waals surface area (Å²) in [5, 5.41) is 15.2. The lowest BCUT2D eigenvalue weighted by atomic mass is 9.79. The van der Waals surface area contributed by atoms with Crippen molar-refractivity contribution in [3.05, 3.63) is 23.4 Å². The highest BCUT2D eigenvalue weighted by Crippen LogP contribution is 2.34. The molecule has 0 saturated heterocycles. The normalized spacial score (nSPS) is 21.4. The van der Waals surface area contributed by atoms with E-state index in [9.17, 15) is 14.7 Å². The van der Waals surface area contributed by atoms with Crippen molar-refractivity contribution >= 4 is 17.7 Å². The summed E-state index contributed by atoms with van der Waals surface area (Å²) in [5.74, 6) is 0.485. The third-order valence-corrected chi connectivity index (χ3v) is 5.82. The molecule has 1 aromatic rings. The molecule has 1 unspecified atom stereocenters. The summed E-state index contributed by atoms with van der Waals surface area (Å²) in [7, 11) is 0. The minimum atomic E-state index is -1.00. The Balaban J connectivity index is 1.31. The van der Waals surface area contributed by atoms with Crippen LogP contribution in [-0.4, -0.2) is 47.3 Å². The van der Waals surface area contributed by atoms with E-state index >= 15 is 0 Å². The number of amides is 1. The van der Waals surface area contributed by atoms with Crippen LogP contribution < -0.4 is 10.6 Å². The lowest BCUT2D eigenvalue weighted by molar-refractivity contribution is -0.142. The van der Waals surface area contributed by atoms with Crippen LogP contribution in [-0.2, 0) is 27.2 Å². The number of pyridine rings is 1. The Morgan fingerprint density at radius 2 is 2.21 bits per heavy atom. The van der Waals surface area contributed by atoms with E-state index in [-0.39, 0.29) is 12.0 Å². The number of aromatic nitrogens is 1. The first-order valence-electron chi connectivity index (χ1n) is 10.9. The number of nitrogens with zero attached hydrogens (tertiary/aromatic N) is 1. The quantitative estimate of drug-likeness (QED) is 0.525. The van der Waals surface area contributed by atoms with Gasteiger partial charge in [-0.1, -0.05) is 13.0 Å². The highest BCUT2D eigenvalue weighted by atomic mass is 16.5. The van der Waals surface area contributed by atoms with Crippen LogP contribution in [0.15, 0.2) is 12.1 Å². The van der Waals surface area contributed by atoms with Crippen molar-refractivity contribution in [3.8, 4) is 0 Å². The van der Waals surface area contributed by atoms with Gasteiger partial charge in [-0.25, -0.2) is 9.78 Å². The Morgan fingerprint density at radius 1 is 1.38 bits per heavy atom. The number of carbonyl (C=O) groups excluding carboxylic acids is 1. The van der Waals surface area contributed by atoms with Crippen LogP contribution in [0.25, 0.3) is 0 Å². The Kier molecular flexibility index (Phi) is 7.86. The first-order valence-corrected chi connectivity index (χ1v) is 10.9. The molecular formula is C22H33N3O4. The number of aliphatic carboxylic acids is 1. The number of carboxylic acid groups (broad SMARTS) is 1. The van der Waals surface area contributed by atoms with Gasteiger partial charge in [-0.3, -0.25) is 4.79 Å². The van der Waals surface area contributed by atoms with Crippen molar-refractivity contribution in [1.29, 1.82) is 0 Å². The van der Waals surface area contributed by atoms with E-state index in [0.29, 0.717) is 31.8 Å². The molecule has 1 saturated carbocycles. The lowest BCUT2D eigenvalue weighted by Crippen LogP contribution is -2.42. The molecule has 29 heavy (non-hydrogen) atoms. The Bertz CT molecular complexity index is 703.